The maximum Gasteiger partial charge on any atom is 0.328 e. The summed E-state index contributed by atoms with van der Waals surface area (Å²) in [5.74, 6) is -0.523. The van der Waals surface area contributed by atoms with Crippen LogP contribution in [0.5, 0.6) is 0 Å². The molecule has 0 saturated carbocycles. The van der Waals surface area contributed by atoms with Crippen molar-refractivity contribution in [2.45, 2.75) is 25.8 Å². The van der Waals surface area contributed by atoms with Crippen LogP contribution >= 0.6 is 11.5 Å². The number of carbonyl (C=O) groups is 2. The zero-order valence-corrected chi connectivity index (χ0v) is 10.6. The van der Waals surface area contributed by atoms with Crippen molar-refractivity contribution in [1.82, 2.24) is 9.27 Å². The molecule has 2 rings (SSSR count). The van der Waals surface area contributed by atoms with Gasteiger partial charge in [0.05, 0.1) is 7.11 Å². The Bertz CT molecular complexity index is 444. The van der Waals surface area contributed by atoms with Gasteiger partial charge in [0, 0.05) is 11.4 Å². The number of amides is 1. The average Bonchev–Trinajstić information content (AvgIpc) is 2.95. The monoisotopic (exact) mass is 254 g/mol. The number of likely N-dealkylation sites (tertiary alicyclic amines) is 1. The van der Waals surface area contributed by atoms with E-state index in [-0.39, 0.29) is 11.9 Å². The molecule has 5 nitrogen and oxygen atoms in total. The predicted molar refractivity (Wildman–Crippen MR) is 62.9 cm³/mol. The van der Waals surface area contributed by atoms with E-state index >= 15 is 0 Å². The molecule has 0 spiro atoms. The first kappa shape index (κ1) is 12.0. The van der Waals surface area contributed by atoms with Crippen LogP contribution in [0.25, 0.3) is 0 Å². The highest BCUT2D eigenvalue weighted by Crippen LogP contribution is 2.21. The Morgan fingerprint density at radius 2 is 2.35 bits per heavy atom. The minimum atomic E-state index is -0.450. The Labute approximate surface area is 104 Å². The van der Waals surface area contributed by atoms with E-state index in [2.05, 4.69) is 4.37 Å². The zero-order chi connectivity index (χ0) is 12.4. The first-order valence-electron chi connectivity index (χ1n) is 5.45. The zero-order valence-electron chi connectivity index (χ0n) is 9.80. The van der Waals surface area contributed by atoms with Crippen LogP contribution in [0, 0.1) is 6.92 Å². The molecule has 0 N–H and O–H groups in total. The van der Waals surface area contributed by atoms with E-state index in [1.165, 1.54) is 18.6 Å². The molecule has 0 bridgehead atoms. The van der Waals surface area contributed by atoms with Crippen LogP contribution in [-0.4, -0.2) is 40.8 Å². The Morgan fingerprint density at radius 3 is 2.94 bits per heavy atom. The predicted octanol–water partition coefficient (Wildman–Crippen LogP) is 1.23. The first-order valence-corrected chi connectivity index (χ1v) is 6.23. The van der Waals surface area contributed by atoms with Crippen molar-refractivity contribution in [3.05, 3.63) is 16.6 Å². The quantitative estimate of drug-likeness (QED) is 0.745. The minimum Gasteiger partial charge on any atom is -0.467 e. The van der Waals surface area contributed by atoms with E-state index in [1.54, 1.807) is 11.0 Å². The van der Waals surface area contributed by atoms with E-state index in [9.17, 15) is 9.59 Å². The number of carbonyl (C=O) groups excluding carboxylic acids is 2. The van der Waals surface area contributed by atoms with Crippen molar-refractivity contribution >= 4 is 23.4 Å². The number of nitrogens with zero attached hydrogens (tertiary/aromatic N) is 2. The second kappa shape index (κ2) is 4.83. The van der Waals surface area contributed by atoms with E-state index in [1.807, 2.05) is 6.92 Å². The highest BCUT2D eigenvalue weighted by atomic mass is 32.1. The van der Waals surface area contributed by atoms with Gasteiger partial charge in [0.15, 0.2) is 0 Å². The first-order chi connectivity index (χ1) is 8.13. The van der Waals surface area contributed by atoms with Crippen molar-refractivity contribution in [3.63, 3.8) is 0 Å². The Morgan fingerprint density at radius 1 is 1.59 bits per heavy atom. The van der Waals surface area contributed by atoms with Gasteiger partial charge in [0.2, 0.25) is 0 Å². The molecular weight excluding hydrogens is 240 g/mol. The van der Waals surface area contributed by atoms with Gasteiger partial charge in [-0.05, 0) is 37.4 Å². The van der Waals surface area contributed by atoms with E-state index in [4.69, 9.17) is 4.74 Å². The summed E-state index contributed by atoms with van der Waals surface area (Å²) in [4.78, 5) is 26.2. The number of ether oxygens (including phenoxy) is 1. The molecule has 1 aliphatic rings. The summed E-state index contributed by atoms with van der Waals surface area (Å²) in [5.41, 5.74) is 0.420. The van der Waals surface area contributed by atoms with Crippen molar-refractivity contribution in [2.24, 2.45) is 0 Å². The third kappa shape index (κ3) is 2.31. The number of hydrogen-bond acceptors (Lipinski definition) is 5. The molecular formula is C11H14N2O3S. The van der Waals surface area contributed by atoms with E-state index in [0.29, 0.717) is 18.7 Å². The standard InChI is InChI=1S/C11H14N2O3S/c1-7-6-8(12-17-7)10(14)13-5-3-4-9(13)11(15)16-2/h6,9H,3-5H2,1-2H3/t9-/m0/s1. The molecule has 2 heterocycles. The summed E-state index contributed by atoms with van der Waals surface area (Å²) in [5, 5.41) is 0. The maximum absolute atomic E-state index is 12.2. The van der Waals surface area contributed by atoms with Crippen LogP contribution in [0.15, 0.2) is 6.07 Å². The molecule has 0 radical (unpaired) electrons. The van der Waals surface area contributed by atoms with Crippen LogP contribution in [0.1, 0.15) is 28.2 Å². The van der Waals surface area contributed by atoms with Gasteiger partial charge in [-0.3, -0.25) is 4.79 Å². The molecule has 6 heteroatoms. The fourth-order valence-electron chi connectivity index (χ4n) is 2.01. The van der Waals surface area contributed by atoms with Crippen LogP contribution in [0.3, 0.4) is 0 Å². The number of aryl methyl sites for hydroxylation is 1. The molecule has 17 heavy (non-hydrogen) atoms. The van der Waals surface area contributed by atoms with Crippen molar-refractivity contribution in [3.8, 4) is 0 Å². The lowest BCUT2D eigenvalue weighted by atomic mass is 10.2. The summed E-state index contributed by atoms with van der Waals surface area (Å²) < 4.78 is 8.78. The summed E-state index contributed by atoms with van der Waals surface area (Å²) in [6.45, 7) is 2.49. The highest BCUT2D eigenvalue weighted by Gasteiger charge is 2.35. The van der Waals surface area contributed by atoms with Gasteiger partial charge in [-0.1, -0.05) is 0 Å². The summed E-state index contributed by atoms with van der Waals surface area (Å²) >= 11 is 1.29. The Kier molecular flexibility index (Phi) is 3.42. The van der Waals surface area contributed by atoms with Crippen molar-refractivity contribution in [1.29, 1.82) is 0 Å². The highest BCUT2D eigenvalue weighted by molar-refractivity contribution is 7.05. The van der Waals surface area contributed by atoms with Gasteiger partial charge in [-0.2, -0.15) is 4.37 Å². The average molecular weight is 254 g/mol. The van der Waals surface area contributed by atoms with Gasteiger partial charge >= 0.3 is 5.97 Å². The van der Waals surface area contributed by atoms with Crippen molar-refractivity contribution < 1.29 is 14.3 Å². The number of rotatable bonds is 2. The molecule has 1 saturated heterocycles. The van der Waals surface area contributed by atoms with Gasteiger partial charge in [0.25, 0.3) is 5.91 Å². The Balaban J connectivity index is 2.16. The van der Waals surface area contributed by atoms with Crippen LogP contribution in [0.4, 0.5) is 0 Å². The van der Waals surface area contributed by atoms with Gasteiger partial charge < -0.3 is 9.64 Å². The molecule has 1 atom stereocenters. The number of esters is 1. The maximum atomic E-state index is 12.2. The molecule has 0 unspecified atom stereocenters. The lowest BCUT2D eigenvalue weighted by Gasteiger charge is -2.21. The van der Waals surface area contributed by atoms with Gasteiger partial charge in [-0.15, -0.1) is 0 Å². The Hall–Kier alpha value is -1.43. The van der Waals surface area contributed by atoms with Gasteiger partial charge in [0.1, 0.15) is 11.7 Å². The molecule has 92 valence electrons. The van der Waals surface area contributed by atoms with E-state index < -0.39 is 6.04 Å². The number of hydrogen-bond donors (Lipinski definition) is 0. The minimum absolute atomic E-state index is 0.178. The lowest BCUT2D eigenvalue weighted by Crippen LogP contribution is -2.41. The van der Waals surface area contributed by atoms with E-state index in [0.717, 1.165) is 11.3 Å². The smallest absolute Gasteiger partial charge is 0.328 e. The summed E-state index contributed by atoms with van der Waals surface area (Å²) in [6, 6.07) is 1.30. The molecule has 0 aliphatic carbocycles. The van der Waals surface area contributed by atoms with Crippen LogP contribution in [-0.2, 0) is 9.53 Å². The molecule has 1 fully saturated rings. The fraction of sp³-hybridized carbons (Fsp3) is 0.545. The summed E-state index contributed by atoms with van der Waals surface area (Å²) in [6.07, 6.45) is 1.50. The largest absolute Gasteiger partial charge is 0.467 e. The SMILES string of the molecule is COC(=O)[C@@H]1CCCN1C(=O)c1cc(C)sn1. The molecule has 0 aromatic carbocycles. The summed E-state index contributed by atoms with van der Waals surface area (Å²) in [7, 11) is 1.34. The second-order valence-electron chi connectivity index (χ2n) is 4.00. The molecule has 1 aliphatic heterocycles. The third-order valence-corrected chi connectivity index (χ3v) is 3.53. The molecule has 1 aromatic rings. The third-order valence-electron chi connectivity index (χ3n) is 2.83. The van der Waals surface area contributed by atoms with Crippen LogP contribution in [0.2, 0.25) is 0 Å². The normalized spacial score (nSPS) is 19.4. The topological polar surface area (TPSA) is 59.5 Å². The molecule has 1 aromatic heterocycles. The lowest BCUT2D eigenvalue weighted by molar-refractivity contribution is -0.145. The fourth-order valence-corrected chi connectivity index (χ4v) is 2.54. The number of aromatic nitrogens is 1. The van der Waals surface area contributed by atoms with Crippen molar-refractivity contribution in [2.75, 3.05) is 13.7 Å². The molecule has 1 amide bonds. The van der Waals surface area contributed by atoms with Gasteiger partial charge in [-0.25, -0.2) is 4.79 Å². The number of methoxy groups -OCH3 is 1. The van der Waals surface area contributed by atoms with Crippen LogP contribution < -0.4 is 0 Å². The second-order valence-corrected chi connectivity index (χ2v) is 5.01.